The van der Waals surface area contributed by atoms with Gasteiger partial charge in [-0.25, -0.2) is 0 Å². The topological polar surface area (TPSA) is 81.8 Å². The Morgan fingerprint density at radius 2 is 2.04 bits per heavy atom. The second kappa shape index (κ2) is 12.3. The molecule has 2 rings (SSSR count). The van der Waals surface area contributed by atoms with Crippen LogP contribution in [0.3, 0.4) is 0 Å². The van der Waals surface area contributed by atoms with Crippen molar-refractivity contribution in [3.8, 4) is 11.5 Å². The number of aliphatic imine (C=N–C) groups is 1. The molecule has 0 aliphatic heterocycles. The lowest BCUT2D eigenvalue weighted by atomic mass is 10.3. The summed E-state index contributed by atoms with van der Waals surface area (Å²) in [6, 6.07) is 13.4. The Balaban J connectivity index is 0.00000312. The number of aromatic nitrogens is 1. The quantitative estimate of drug-likeness (QED) is 0.263. The summed E-state index contributed by atoms with van der Waals surface area (Å²) < 4.78 is 10.8. The molecule has 2 aromatic rings. The summed E-state index contributed by atoms with van der Waals surface area (Å²) in [7, 11) is 1.64. The molecule has 7 heteroatoms. The van der Waals surface area contributed by atoms with Gasteiger partial charge in [0.15, 0.2) is 5.96 Å². The highest BCUT2D eigenvalue weighted by Crippen LogP contribution is 2.18. The van der Waals surface area contributed by atoms with Gasteiger partial charge in [0, 0.05) is 43.9 Å². The summed E-state index contributed by atoms with van der Waals surface area (Å²) in [5.74, 6) is 2.03. The van der Waals surface area contributed by atoms with E-state index in [0.717, 1.165) is 30.0 Å². The van der Waals surface area contributed by atoms with E-state index in [1.54, 1.807) is 13.3 Å². The van der Waals surface area contributed by atoms with Crippen LogP contribution in [-0.2, 0) is 6.42 Å². The predicted molar refractivity (Wildman–Crippen MR) is 111 cm³/mol. The minimum atomic E-state index is 0. The summed E-state index contributed by atoms with van der Waals surface area (Å²) in [5, 5.41) is 3.09. The first kappa shape index (κ1) is 21.0. The summed E-state index contributed by atoms with van der Waals surface area (Å²) in [6.45, 7) is 1.91. The van der Waals surface area contributed by atoms with Crippen molar-refractivity contribution >= 4 is 29.9 Å². The van der Waals surface area contributed by atoms with Crippen molar-refractivity contribution in [3.05, 3.63) is 54.4 Å². The van der Waals surface area contributed by atoms with Crippen molar-refractivity contribution in [2.75, 3.05) is 26.8 Å². The van der Waals surface area contributed by atoms with Gasteiger partial charge < -0.3 is 20.5 Å². The standard InChI is InChI=1S/C18H24N4O2.HI/c1-23-16-7-4-8-17(14-16)24-13-5-11-21-18(19)22-12-9-15-6-2-3-10-20-15;/h2-4,6-8,10,14H,5,9,11-13H2,1H3,(H3,19,21,22);1H. The highest BCUT2D eigenvalue weighted by molar-refractivity contribution is 14.0. The molecule has 0 unspecified atom stereocenters. The third kappa shape index (κ3) is 8.57. The number of methoxy groups -OCH3 is 1. The van der Waals surface area contributed by atoms with Gasteiger partial charge in [-0.3, -0.25) is 9.98 Å². The summed E-state index contributed by atoms with van der Waals surface area (Å²) in [4.78, 5) is 8.54. The average molecular weight is 456 g/mol. The molecule has 0 fully saturated rings. The number of guanidine groups is 1. The van der Waals surface area contributed by atoms with Crippen molar-refractivity contribution in [3.63, 3.8) is 0 Å². The molecule has 0 spiro atoms. The average Bonchev–Trinajstić information content (AvgIpc) is 2.62. The smallest absolute Gasteiger partial charge is 0.188 e. The zero-order chi connectivity index (χ0) is 17.0. The van der Waals surface area contributed by atoms with Crippen LogP contribution in [0.1, 0.15) is 12.1 Å². The molecule has 0 atom stereocenters. The molecule has 1 aromatic heterocycles. The molecule has 25 heavy (non-hydrogen) atoms. The van der Waals surface area contributed by atoms with Crippen LogP contribution in [0.4, 0.5) is 0 Å². The minimum Gasteiger partial charge on any atom is -0.497 e. The fourth-order valence-electron chi connectivity index (χ4n) is 2.07. The maximum atomic E-state index is 5.83. The second-order valence-electron chi connectivity index (χ2n) is 5.15. The fourth-order valence-corrected chi connectivity index (χ4v) is 2.07. The van der Waals surface area contributed by atoms with E-state index >= 15 is 0 Å². The van der Waals surface area contributed by atoms with Crippen molar-refractivity contribution < 1.29 is 9.47 Å². The number of hydrogen-bond donors (Lipinski definition) is 2. The number of ether oxygens (including phenoxy) is 2. The molecule has 0 saturated heterocycles. The van der Waals surface area contributed by atoms with E-state index in [1.807, 2.05) is 42.5 Å². The zero-order valence-electron chi connectivity index (χ0n) is 14.4. The largest absolute Gasteiger partial charge is 0.497 e. The van der Waals surface area contributed by atoms with Crippen LogP contribution < -0.4 is 20.5 Å². The third-order valence-corrected chi connectivity index (χ3v) is 3.31. The van der Waals surface area contributed by atoms with Gasteiger partial charge in [0.25, 0.3) is 0 Å². The highest BCUT2D eigenvalue weighted by atomic mass is 127. The molecular weight excluding hydrogens is 431 g/mol. The monoisotopic (exact) mass is 456 g/mol. The number of hydrogen-bond acceptors (Lipinski definition) is 4. The van der Waals surface area contributed by atoms with Crippen molar-refractivity contribution in [2.45, 2.75) is 12.8 Å². The van der Waals surface area contributed by atoms with E-state index in [-0.39, 0.29) is 24.0 Å². The number of pyridine rings is 1. The maximum absolute atomic E-state index is 5.83. The van der Waals surface area contributed by atoms with Crippen LogP contribution in [0.25, 0.3) is 0 Å². The molecule has 0 saturated carbocycles. The van der Waals surface area contributed by atoms with Gasteiger partial charge in [-0.15, -0.1) is 24.0 Å². The summed E-state index contributed by atoms with van der Waals surface area (Å²) in [5.41, 5.74) is 6.86. The third-order valence-electron chi connectivity index (χ3n) is 3.31. The van der Waals surface area contributed by atoms with Crippen LogP contribution in [-0.4, -0.2) is 37.7 Å². The Morgan fingerprint density at radius 1 is 1.20 bits per heavy atom. The van der Waals surface area contributed by atoms with Crippen molar-refractivity contribution in [1.82, 2.24) is 10.3 Å². The Hall–Kier alpha value is -2.03. The first-order chi connectivity index (χ1) is 11.8. The van der Waals surface area contributed by atoms with Crippen LogP contribution >= 0.6 is 24.0 Å². The lowest BCUT2D eigenvalue weighted by Crippen LogP contribution is -2.33. The Labute approximate surface area is 165 Å². The number of rotatable bonds is 9. The Kier molecular flexibility index (Phi) is 10.4. The van der Waals surface area contributed by atoms with Gasteiger partial charge in [0.05, 0.1) is 13.7 Å². The van der Waals surface area contributed by atoms with Crippen molar-refractivity contribution in [2.24, 2.45) is 10.7 Å². The van der Waals surface area contributed by atoms with E-state index in [4.69, 9.17) is 15.2 Å². The second-order valence-corrected chi connectivity index (χ2v) is 5.15. The maximum Gasteiger partial charge on any atom is 0.188 e. The van der Waals surface area contributed by atoms with Crippen LogP contribution in [0.5, 0.6) is 11.5 Å². The van der Waals surface area contributed by atoms with E-state index in [2.05, 4.69) is 15.3 Å². The SMILES string of the molecule is COc1cccc(OCCCN=C(N)NCCc2ccccn2)c1.I. The van der Waals surface area contributed by atoms with E-state index < -0.39 is 0 Å². The number of nitrogens with two attached hydrogens (primary N) is 1. The van der Waals surface area contributed by atoms with Gasteiger partial charge in [-0.05, 0) is 24.3 Å². The molecule has 1 aromatic carbocycles. The van der Waals surface area contributed by atoms with E-state index in [0.29, 0.717) is 25.7 Å². The molecule has 0 radical (unpaired) electrons. The Bertz CT molecular complexity index is 638. The van der Waals surface area contributed by atoms with Crippen LogP contribution in [0, 0.1) is 0 Å². The molecule has 0 aliphatic rings. The molecule has 0 amide bonds. The molecule has 136 valence electrons. The summed E-state index contributed by atoms with van der Waals surface area (Å²) in [6.07, 6.45) is 3.39. The van der Waals surface area contributed by atoms with Gasteiger partial charge in [-0.1, -0.05) is 12.1 Å². The Morgan fingerprint density at radius 3 is 2.80 bits per heavy atom. The number of nitrogens with one attached hydrogen (secondary N) is 1. The molecular formula is C18H25IN4O2. The van der Waals surface area contributed by atoms with Gasteiger partial charge >= 0.3 is 0 Å². The number of halogens is 1. The predicted octanol–water partition coefficient (Wildman–Crippen LogP) is 2.62. The first-order valence-corrected chi connectivity index (χ1v) is 7.98. The van der Waals surface area contributed by atoms with Crippen LogP contribution in [0.15, 0.2) is 53.7 Å². The van der Waals surface area contributed by atoms with E-state index in [1.165, 1.54) is 0 Å². The summed E-state index contributed by atoms with van der Waals surface area (Å²) >= 11 is 0. The zero-order valence-corrected chi connectivity index (χ0v) is 16.7. The molecule has 1 heterocycles. The first-order valence-electron chi connectivity index (χ1n) is 7.98. The minimum absolute atomic E-state index is 0. The molecule has 0 bridgehead atoms. The normalized spacial score (nSPS) is 10.7. The highest BCUT2D eigenvalue weighted by Gasteiger charge is 1.97. The lowest BCUT2D eigenvalue weighted by molar-refractivity contribution is 0.311. The fraction of sp³-hybridized carbons (Fsp3) is 0.333. The van der Waals surface area contributed by atoms with Gasteiger partial charge in [0.1, 0.15) is 11.5 Å². The van der Waals surface area contributed by atoms with Crippen molar-refractivity contribution in [1.29, 1.82) is 0 Å². The van der Waals surface area contributed by atoms with Gasteiger partial charge in [0.2, 0.25) is 0 Å². The molecule has 6 nitrogen and oxygen atoms in total. The van der Waals surface area contributed by atoms with E-state index in [9.17, 15) is 0 Å². The van der Waals surface area contributed by atoms with Crippen LogP contribution in [0.2, 0.25) is 0 Å². The molecule has 3 N–H and O–H groups in total. The molecule has 0 aliphatic carbocycles. The lowest BCUT2D eigenvalue weighted by Gasteiger charge is -2.07. The van der Waals surface area contributed by atoms with Gasteiger partial charge in [-0.2, -0.15) is 0 Å². The number of nitrogens with zero attached hydrogens (tertiary/aromatic N) is 2. The number of benzene rings is 1.